The highest BCUT2D eigenvalue weighted by Gasteiger charge is 2.70. The summed E-state index contributed by atoms with van der Waals surface area (Å²) < 4.78 is 72.6. The highest BCUT2D eigenvalue weighted by atomic mass is 32.2. The second-order valence-corrected chi connectivity index (χ2v) is 12.3. The molecular weight excluding hydrogens is 506 g/mol. The van der Waals surface area contributed by atoms with Crippen LogP contribution >= 0.6 is 0 Å². The minimum Gasteiger partial charge on any atom is -0.458 e. The van der Waals surface area contributed by atoms with E-state index in [1.165, 1.54) is 0 Å². The van der Waals surface area contributed by atoms with Crippen LogP contribution in [0.3, 0.4) is 0 Å². The Balaban J connectivity index is 1.21. The van der Waals surface area contributed by atoms with Gasteiger partial charge in [-0.1, -0.05) is 12.8 Å². The van der Waals surface area contributed by atoms with Crippen molar-refractivity contribution in [3.05, 3.63) is 0 Å². The van der Waals surface area contributed by atoms with Crippen LogP contribution in [-0.4, -0.2) is 60.7 Å². The molecule has 5 fully saturated rings. The van der Waals surface area contributed by atoms with E-state index in [9.17, 15) is 36.4 Å². The molecule has 36 heavy (non-hydrogen) atoms. The van der Waals surface area contributed by atoms with Gasteiger partial charge in [-0.05, 0) is 38.0 Å². The number of carbonyl (C=O) groups is 4. The molecule has 13 heteroatoms. The summed E-state index contributed by atoms with van der Waals surface area (Å²) in [6, 6.07) is 0. The number of rotatable bonds is 8. The predicted molar refractivity (Wildman–Crippen MR) is 114 cm³/mol. The molecule has 9 atom stereocenters. The molecule has 4 aliphatic carbocycles. The maximum Gasteiger partial charge on any atom is 0.402 e. The van der Waals surface area contributed by atoms with Gasteiger partial charge in [0.05, 0.1) is 11.8 Å². The number of alkyl halides is 2. The number of hydrogen-bond donors (Lipinski definition) is 1. The van der Waals surface area contributed by atoms with Gasteiger partial charge < -0.3 is 14.2 Å². The number of hydrogen-bond acceptors (Lipinski definition) is 9. The standard InChI is InChI=1S/C23H28F2O10S/c24-23(25,36(30,31)32)9-33-21(28)16-13-8-14-17(16)22(29)35-20(14)19(13)34-15(26)5-4-12-7-10-2-1-3-11(6-10)18(12)27/h10-14,16-17,19-20H,1-9H2,(H,30,31,32). The molecule has 200 valence electrons. The van der Waals surface area contributed by atoms with Crippen LogP contribution in [-0.2, 0) is 43.5 Å². The van der Waals surface area contributed by atoms with Crippen LogP contribution in [0.5, 0.6) is 0 Å². The zero-order chi connectivity index (χ0) is 26.0. The molecule has 1 heterocycles. The van der Waals surface area contributed by atoms with Gasteiger partial charge in [-0.2, -0.15) is 17.2 Å². The first-order chi connectivity index (χ1) is 16.9. The number of Topliss-reactive ketones (excluding diaryl/α,β-unsaturated/α-hetero) is 1. The predicted octanol–water partition coefficient (Wildman–Crippen LogP) is 1.91. The number of halogens is 2. The first-order valence-corrected chi connectivity index (χ1v) is 13.8. The van der Waals surface area contributed by atoms with E-state index >= 15 is 0 Å². The lowest BCUT2D eigenvalue weighted by Crippen LogP contribution is -2.45. The summed E-state index contributed by atoms with van der Waals surface area (Å²) in [4.78, 5) is 50.4. The fraction of sp³-hybridized carbons (Fsp3) is 0.826. The van der Waals surface area contributed by atoms with Crippen molar-refractivity contribution in [2.45, 2.75) is 68.8 Å². The molecule has 0 aromatic carbocycles. The normalized spacial score (nSPS) is 39.1. The third kappa shape index (κ3) is 4.31. The fourth-order valence-corrected chi connectivity index (χ4v) is 7.38. The van der Waals surface area contributed by atoms with Gasteiger partial charge in [0, 0.05) is 30.1 Å². The van der Waals surface area contributed by atoms with E-state index in [2.05, 4.69) is 4.74 Å². The summed E-state index contributed by atoms with van der Waals surface area (Å²) in [6.07, 6.45) is 3.63. The molecule has 4 bridgehead atoms. The Morgan fingerprint density at radius 2 is 1.86 bits per heavy atom. The van der Waals surface area contributed by atoms with Gasteiger partial charge in [0.1, 0.15) is 18.0 Å². The molecule has 0 spiro atoms. The minimum atomic E-state index is -5.80. The maximum atomic E-state index is 13.5. The highest BCUT2D eigenvalue weighted by molar-refractivity contribution is 7.86. The van der Waals surface area contributed by atoms with Crippen molar-refractivity contribution in [1.82, 2.24) is 0 Å². The molecule has 9 unspecified atom stereocenters. The van der Waals surface area contributed by atoms with E-state index in [1.807, 2.05) is 0 Å². The maximum absolute atomic E-state index is 13.5. The zero-order valence-electron chi connectivity index (χ0n) is 19.3. The molecule has 10 nitrogen and oxygen atoms in total. The first kappa shape index (κ1) is 25.5. The van der Waals surface area contributed by atoms with Crippen LogP contribution in [0.2, 0.25) is 0 Å². The Hall–Kier alpha value is -2.15. The molecule has 0 aromatic rings. The minimum absolute atomic E-state index is 0.0104. The fourth-order valence-electron chi connectivity index (χ4n) is 7.17. The van der Waals surface area contributed by atoms with Gasteiger partial charge in [0.2, 0.25) is 0 Å². The number of fused-ring (bicyclic) bond motifs is 3. The van der Waals surface area contributed by atoms with E-state index in [0.717, 1.165) is 32.1 Å². The Kier molecular flexibility index (Phi) is 6.37. The van der Waals surface area contributed by atoms with Gasteiger partial charge in [-0.3, -0.25) is 23.7 Å². The van der Waals surface area contributed by atoms with Crippen LogP contribution in [0, 0.1) is 41.4 Å². The van der Waals surface area contributed by atoms with E-state index in [4.69, 9.17) is 14.0 Å². The number of carbonyl (C=O) groups excluding carboxylic acids is 4. The largest absolute Gasteiger partial charge is 0.458 e. The quantitative estimate of drug-likeness (QED) is 0.278. The van der Waals surface area contributed by atoms with Crippen LogP contribution in [0.1, 0.15) is 51.4 Å². The van der Waals surface area contributed by atoms with Gasteiger partial charge >= 0.3 is 33.3 Å². The second kappa shape index (κ2) is 9.00. The van der Waals surface area contributed by atoms with Crippen LogP contribution in [0.15, 0.2) is 0 Å². The Bertz CT molecular complexity index is 1070. The van der Waals surface area contributed by atoms with Gasteiger partial charge in [-0.15, -0.1) is 0 Å². The van der Waals surface area contributed by atoms with Crippen molar-refractivity contribution in [3.63, 3.8) is 0 Å². The molecule has 5 rings (SSSR count). The molecule has 4 saturated carbocycles. The topological polar surface area (TPSA) is 150 Å². The summed E-state index contributed by atoms with van der Waals surface area (Å²) >= 11 is 0. The zero-order valence-corrected chi connectivity index (χ0v) is 20.2. The van der Waals surface area contributed by atoms with E-state index < -0.39 is 75.8 Å². The summed E-state index contributed by atoms with van der Waals surface area (Å²) in [6.45, 7) is -1.91. The Morgan fingerprint density at radius 1 is 1.11 bits per heavy atom. The third-order valence-corrected chi connectivity index (χ3v) is 9.62. The smallest absolute Gasteiger partial charge is 0.402 e. The summed E-state index contributed by atoms with van der Waals surface area (Å²) in [5.41, 5.74) is 0. The SMILES string of the molecule is O=C(CCC1CC2CCCC(C2)C1=O)OC1C2CC3C1OC(=O)C3C2C(=O)OCC(F)(F)S(=O)(=O)O. The highest BCUT2D eigenvalue weighted by Crippen LogP contribution is 2.59. The second-order valence-electron chi connectivity index (χ2n) is 10.8. The molecule has 1 N–H and O–H groups in total. The molecule has 0 amide bonds. The Morgan fingerprint density at radius 3 is 2.58 bits per heavy atom. The molecule has 5 aliphatic rings. The number of ketones is 1. The number of ether oxygens (including phenoxy) is 3. The van der Waals surface area contributed by atoms with Crippen molar-refractivity contribution in [1.29, 1.82) is 0 Å². The average Bonchev–Trinajstić information content (AvgIpc) is 3.42. The van der Waals surface area contributed by atoms with Crippen molar-refractivity contribution in [3.8, 4) is 0 Å². The van der Waals surface area contributed by atoms with Crippen LogP contribution < -0.4 is 0 Å². The van der Waals surface area contributed by atoms with E-state index in [1.54, 1.807) is 0 Å². The van der Waals surface area contributed by atoms with Gasteiger partial charge in [-0.25, -0.2) is 0 Å². The van der Waals surface area contributed by atoms with Crippen molar-refractivity contribution >= 4 is 33.8 Å². The van der Waals surface area contributed by atoms with E-state index in [0.29, 0.717) is 12.3 Å². The lowest BCUT2D eigenvalue weighted by atomic mass is 9.66. The molecule has 1 saturated heterocycles. The average molecular weight is 535 g/mol. The summed E-state index contributed by atoms with van der Waals surface area (Å²) in [5.74, 6) is -5.36. The monoisotopic (exact) mass is 534 g/mol. The van der Waals surface area contributed by atoms with E-state index in [-0.39, 0.29) is 30.5 Å². The number of esters is 3. The molecule has 1 aliphatic heterocycles. The molecule has 0 aromatic heterocycles. The third-order valence-electron chi connectivity index (χ3n) is 8.75. The van der Waals surface area contributed by atoms with Gasteiger partial charge in [0.25, 0.3) is 0 Å². The lowest BCUT2D eigenvalue weighted by molar-refractivity contribution is -0.168. The van der Waals surface area contributed by atoms with Crippen molar-refractivity contribution in [2.24, 2.45) is 41.4 Å². The molecular formula is C23H28F2O10S. The van der Waals surface area contributed by atoms with Crippen LogP contribution in [0.25, 0.3) is 0 Å². The van der Waals surface area contributed by atoms with Crippen molar-refractivity contribution in [2.75, 3.05) is 6.61 Å². The summed E-state index contributed by atoms with van der Waals surface area (Å²) in [5, 5.41) is -4.71. The lowest BCUT2D eigenvalue weighted by Gasteiger charge is -2.37. The molecule has 0 radical (unpaired) electrons. The van der Waals surface area contributed by atoms with Gasteiger partial charge in [0.15, 0.2) is 6.61 Å². The Labute approximate surface area is 206 Å². The van der Waals surface area contributed by atoms with Crippen LogP contribution in [0.4, 0.5) is 8.78 Å². The van der Waals surface area contributed by atoms with Crippen molar-refractivity contribution < 1.29 is 55.1 Å². The first-order valence-electron chi connectivity index (χ1n) is 12.3. The summed E-state index contributed by atoms with van der Waals surface area (Å²) in [7, 11) is -5.80.